The van der Waals surface area contributed by atoms with Gasteiger partial charge in [0.1, 0.15) is 6.61 Å². The van der Waals surface area contributed by atoms with Crippen molar-refractivity contribution < 1.29 is 18.8 Å². The first-order valence-electron chi connectivity index (χ1n) is 4.28. The van der Waals surface area contributed by atoms with Gasteiger partial charge in [0.05, 0.1) is 11.5 Å². The smallest absolute Gasteiger partial charge is 0.311 e. The summed E-state index contributed by atoms with van der Waals surface area (Å²) in [6, 6.07) is 2.47. The topological polar surface area (TPSA) is 88.3 Å². The molecule has 8 heteroatoms. The molecule has 1 aromatic rings. The van der Waals surface area contributed by atoms with Crippen LogP contribution in [0.1, 0.15) is 0 Å². The molecule has 0 unspecified atom stereocenters. The first-order chi connectivity index (χ1) is 7.46. The van der Waals surface area contributed by atoms with E-state index in [9.17, 15) is 18.9 Å². The van der Waals surface area contributed by atoms with E-state index in [0.717, 1.165) is 6.07 Å². The maximum absolute atomic E-state index is 12.7. The zero-order valence-corrected chi connectivity index (χ0v) is 8.06. The minimum absolute atomic E-state index is 0.249. The molecular weight excluding hydrogens is 224 g/mol. The first kappa shape index (κ1) is 12.2. The second-order valence-corrected chi connectivity index (χ2v) is 3.00. The lowest BCUT2D eigenvalue weighted by Gasteiger charge is -2.13. The fourth-order valence-corrected chi connectivity index (χ4v) is 0.949. The van der Waals surface area contributed by atoms with Gasteiger partial charge >= 0.3 is 5.69 Å². The van der Waals surface area contributed by atoms with Gasteiger partial charge in [-0.1, -0.05) is 0 Å². The zero-order chi connectivity index (χ0) is 12.2. The minimum atomic E-state index is -3.34. The normalized spacial score (nSPS) is 11.2. The number of alkyl halides is 2. The Balaban J connectivity index is 2.78. The van der Waals surface area contributed by atoms with Gasteiger partial charge < -0.3 is 10.4 Å². The molecule has 0 fully saturated rings. The van der Waals surface area contributed by atoms with E-state index in [1.165, 1.54) is 12.3 Å². The van der Waals surface area contributed by atoms with Crippen LogP contribution in [0.4, 0.5) is 20.3 Å². The lowest BCUT2D eigenvalue weighted by Crippen LogP contribution is -2.31. The van der Waals surface area contributed by atoms with E-state index in [1.54, 1.807) is 0 Å². The molecule has 0 bridgehead atoms. The number of rotatable bonds is 5. The van der Waals surface area contributed by atoms with Crippen LogP contribution in [0, 0.1) is 10.1 Å². The third-order valence-electron chi connectivity index (χ3n) is 1.73. The van der Waals surface area contributed by atoms with Gasteiger partial charge in [0, 0.05) is 12.3 Å². The Morgan fingerprint density at radius 1 is 1.62 bits per heavy atom. The Bertz CT molecular complexity index is 387. The quantitative estimate of drug-likeness (QED) is 0.585. The van der Waals surface area contributed by atoms with Crippen LogP contribution >= 0.6 is 0 Å². The molecule has 1 aromatic heterocycles. The van der Waals surface area contributed by atoms with Crippen LogP contribution in [0.2, 0.25) is 0 Å². The van der Waals surface area contributed by atoms with Gasteiger partial charge in [-0.15, -0.1) is 0 Å². The monoisotopic (exact) mass is 233 g/mol. The molecule has 0 aliphatic rings. The zero-order valence-electron chi connectivity index (χ0n) is 8.06. The number of aromatic nitrogens is 1. The highest BCUT2D eigenvalue weighted by Crippen LogP contribution is 2.22. The Hall–Kier alpha value is -1.83. The molecule has 0 aliphatic heterocycles. The van der Waals surface area contributed by atoms with Crippen molar-refractivity contribution in [2.45, 2.75) is 5.92 Å². The van der Waals surface area contributed by atoms with Crippen LogP contribution < -0.4 is 5.32 Å². The lowest BCUT2D eigenvalue weighted by atomic mass is 10.3. The Morgan fingerprint density at radius 3 is 2.88 bits per heavy atom. The molecule has 88 valence electrons. The standard InChI is InChI=1S/C8H9F2N3O3/c9-8(10,5-14)4-12-7-6(13(15)16)2-1-3-11-7/h1-3,14H,4-5H2,(H,11,12). The molecular formula is C8H9F2N3O3. The van der Waals surface area contributed by atoms with E-state index >= 15 is 0 Å². The SMILES string of the molecule is O=[N+]([O-])c1cccnc1NCC(F)(F)CO. The van der Waals surface area contributed by atoms with Crippen molar-refractivity contribution in [3.63, 3.8) is 0 Å². The summed E-state index contributed by atoms with van der Waals surface area (Å²) in [6.07, 6.45) is 1.24. The van der Waals surface area contributed by atoms with Crippen molar-refractivity contribution >= 4 is 11.5 Å². The van der Waals surface area contributed by atoms with Crippen molar-refractivity contribution in [2.24, 2.45) is 0 Å². The summed E-state index contributed by atoms with van der Waals surface area (Å²) >= 11 is 0. The number of hydrogen-bond acceptors (Lipinski definition) is 5. The molecule has 0 radical (unpaired) electrons. The highest BCUT2D eigenvalue weighted by atomic mass is 19.3. The van der Waals surface area contributed by atoms with E-state index < -0.39 is 29.7 Å². The van der Waals surface area contributed by atoms with Gasteiger partial charge in [-0.25, -0.2) is 13.8 Å². The second-order valence-electron chi connectivity index (χ2n) is 3.00. The number of nitrogens with zero attached hydrogens (tertiary/aromatic N) is 2. The minimum Gasteiger partial charge on any atom is -0.390 e. The fourth-order valence-electron chi connectivity index (χ4n) is 0.949. The summed E-state index contributed by atoms with van der Waals surface area (Å²) in [5, 5.41) is 20.9. The largest absolute Gasteiger partial charge is 0.390 e. The van der Waals surface area contributed by atoms with Crippen LogP contribution in [0.5, 0.6) is 0 Å². The summed E-state index contributed by atoms with van der Waals surface area (Å²) in [5.41, 5.74) is -0.392. The first-order valence-corrected chi connectivity index (χ1v) is 4.28. The predicted molar refractivity (Wildman–Crippen MR) is 51.4 cm³/mol. The summed E-state index contributed by atoms with van der Waals surface area (Å²) in [6.45, 7) is -2.25. The number of hydrogen-bond donors (Lipinski definition) is 2. The highest BCUT2D eigenvalue weighted by molar-refractivity contribution is 5.55. The fraction of sp³-hybridized carbons (Fsp3) is 0.375. The van der Waals surface area contributed by atoms with E-state index in [4.69, 9.17) is 5.11 Å². The van der Waals surface area contributed by atoms with Gasteiger partial charge in [0.15, 0.2) is 0 Å². The number of halogens is 2. The number of aliphatic hydroxyl groups excluding tert-OH is 1. The maximum atomic E-state index is 12.7. The average molecular weight is 233 g/mol. The molecule has 16 heavy (non-hydrogen) atoms. The number of nitro groups is 1. The summed E-state index contributed by atoms with van der Waals surface area (Å²) in [5.74, 6) is -3.59. The lowest BCUT2D eigenvalue weighted by molar-refractivity contribution is -0.384. The molecule has 0 aliphatic carbocycles. The second kappa shape index (κ2) is 4.79. The Kier molecular flexibility index (Phi) is 3.67. The number of nitrogens with one attached hydrogen (secondary N) is 1. The summed E-state index contributed by atoms with van der Waals surface area (Å²) in [7, 11) is 0. The van der Waals surface area contributed by atoms with E-state index in [0.29, 0.717) is 0 Å². The number of pyridine rings is 1. The van der Waals surface area contributed by atoms with Crippen LogP contribution in [-0.2, 0) is 0 Å². The van der Waals surface area contributed by atoms with E-state index in [1.807, 2.05) is 0 Å². The highest BCUT2D eigenvalue weighted by Gasteiger charge is 2.28. The molecule has 0 spiro atoms. The molecule has 0 amide bonds. The van der Waals surface area contributed by atoms with Crippen molar-refractivity contribution in [1.82, 2.24) is 4.98 Å². The van der Waals surface area contributed by atoms with Gasteiger partial charge in [0.2, 0.25) is 5.82 Å². The predicted octanol–water partition coefficient (Wildman–Crippen LogP) is 1.03. The molecule has 0 saturated carbocycles. The Morgan fingerprint density at radius 2 is 2.31 bits per heavy atom. The van der Waals surface area contributed by atoms with Crippen molar-refractivity contribution in [3.8, 4) is 0 Å². The third-order valence-corrected chi connectivity index (χ3v) is 1.73. The van der Waals surface area contributed by atoms with Crippen molar-refractivity contribution in [2.75, 3.05) is 18.5 Å². The van der Waals surface area contributed by atoms with Gasteiger partial charge in [0.25, 0.3) is 5.92 Å². The average Bonchev–Trinajstić information content (AvgIpc) is 2.27. The van der Waals surface area contributed by atoms with Crippen LogP contribution in [-0.4, -0.2) is 34.1 Å². The number of anilines is 1. The third kappa shape index (κ3) is 3.09. The summed E-state index contributed by atoms with van der Waals surface area (Å²) in [4.78, 5) is 13.3. The van der Waals surface area contributed by atoms with E-state index in [-0.39, 0.29) is 5.82 Å². The van der Waals surface area contributed by atoms with Crippen molar-refractivity contribution in [1.29, 1.82) is 0 Å². The Labute approximate surface area is 89.1 Å². The van der Waals surface area contributed by atoms with E-state index in [2.05, 4.69) is 10.3 Å². The van der Waals surface area contributed by atoms with Gasteiger partial charge in [-0.05, 0) is 6.07 Å². The molecule has 6 nitrogen and oxygen atoms in total. The molecule has 1 rings (SSSR count). The molecule has 0 atom stereocenters. The molecule has 0 saturated heterocycles. The van der Waals surface area contributed by atoms with Crippen molar-refractivity contribution in [3.05, 3.63) is 28.4 Å². The van der Waals surface area contributed by atoms with Crippen LogP contribution in [0.3, 0.4) is 0 Å². The summed E-state index contributed by atoms with van der Waals surface area (Å²) < 4.78 is 25.3. The molecule has 2 N–H and O–H groups in total. The van der Waals surface area contributed by atoms with Gasteiger partial charge in [-0.2, -0.15) is 0 Å². The molecule has 0 aromatic carbocycles. The molecule has 1 heterocycles. The van der Waals surface area contributed by atoms with Crippen LogP contribution in [0.15, 0.2) is 18.3 Å². The number of aliphatic hydroxyl groups is 1. The van der Waals surface area contributed by atoms with Crippen LogP contribution in [0.25, 0.3) is 0 Å². The van der Waals surface area contributed by atoms with Gasteiger partial charge in [-0.3, -0.25) is 10.1 Å². The maximum Gasteiger partial charge on any atom is 0.311 e.